The van der Waals surface area contributed by atoms with E-state index in [9.17, 15) is 14.0 Å². The number of ether oxygens (including phenoxy) is 2. The van der Waals surface area contributed by atoms with Crippen molar-refractivity contribution in [1.82, 2.24) is 19.9 Å². The number of carbonyl (C=O) groups is 1. The van der Waals surface area contributed by atoms with Crippen LogP contribution < -0.4 is 25.2 Å². The predicted molar refractivity (Wildman–Crippen MR) is 156 cm³/mol. The summed E-state index contributed by atoms with van der Waals surface area (Å²) in [4.78, 5) is 39.1. The van der Waals surface area contributed by atoms with Crippen molar-refractivity contribution in [2.24, 2.45) is 0 Å². The minimum atomic E-state index is -0.773. The zero-order valence-corrected chi connectivity index (χ0v) is 23.9. The van der Waals surface area contributed by atoms with Crippen molar-refractivity contribution >= 4 is 32.7 Å². The van der Waals surface area contributed by atoms with Crippen molar-refractivity contribution in [2.45, 2.75) is 50.2 Å². The van der Waals surface area contributed by atoms with Gasteiger partial charge in [-0.1, -0.05) is 41.7 Å². The van der Waals surface area contributed by atoms with Gasteiger partial charge in [-0.3, -0.25) is 14.2 Å². The highest BCUT2D eigenvalue weighted by Crippen LogP contribution is 2.48. The quantitative estimate of drug-likeness (QED) is 0.302. The molecule has 1 N–H and O–H groups in total. The summed E-state index contributed by atoms with van der Waals surface area (Å²) in [7, 11) is 3.13. The Bertz CT molecular complexity index is 1640. The standard InChI is InChI=1S/C30H32FN5O4S/c1-39-21-11-10-20(23(15-21)40-2)17-36-27(38)24-26(34-28(36)30(18-31)12-13-30)41-29(33-24)35-14-6-9-22(35)25(37)32-16-19-7-4-3-5-8-19/h3-5,7-8,10-11,15,22H,6,9,12-14,16-18H2,1-2H3,(H,32,37)/t22-/m1/s1. The first-order valence-electron chi connectivity index (χ1n) is 13.7. The van der Waals surface area contributed by atoms with Gasteiger partial charge in [0.2, 0.25) is 5.91 Å². The number of methoxy groups -OCH3 is 2. The summed E-state index contributed by atoms with van der Waals surface area (Å²) in [5.41, 5.74) is 0.904. The Morgan fingerprint density at radius 1 is 1.15 bits per heavy atom. The minimum Gasteiger partial charge on any atom is -0.497 e. The van der Waals surface area contributed by atoms with E-state index in [0.717, 1.165) is 17.5 Å². The lowest BCUT2D eigenvalue weighted by molar-refractivity contribution is -0.122. The van der Waals surface area contributed by atoms with Gasteiger partial charge < -0.3 is 19.7 Å². The van der Waals surface area contributed by atoms with Crippen molar-refractivity contribution in [1.29, 1.82) is 0 Å². The Hall–Kier alpha value is -3.99. The molecule has 0 bridgehead atoms. The summed E-state index contributed by atoms with van der Waals surface area (Å²) in [6, 6.07) is 14.8. The van der Waals surface area contributed by atoms with Crippen LogP contribution in [0.3, 0.4) is 0 Å². The van der Waals surface area contributed by atoms with Crippen molar-refractivity contribution in [3.63, 3.8) is 0 Å². The molecule has 0 spiro atoms. The Balaban J connectivity index is 1.34. The van der Waals surface area contributed by atoms with Crippen LogP contribution >= 0.6 is 11.3 Å². The molecular formula is C30H32FN5O4S. The van der Waals surface area contributed by atoms with Crippen molar-refractivity contribution in [3.05, 3.63) is 75.8 Å². The molecule has 1 amide bonds. The lowest BCUT2D eigenvalue weighted by Crippen LogP contribution is -2.43. The third-order valence-corrected chi connectivity index (χ3v) is 9.01. The maximum atomic E-state index is 14.3. The van der Waals surface area contributed by atoms with Crippen LogP contribution in [0.5, 0.6) is 11.5 Å². The van der Waals surface area contributed by atoms with Gasteiger partial charge in [-0.25, -0.2) is 14.4 Å². The molecule has 1 aliphatic heterocycles. The number of fused-ring (bicyclic) bond motifs is 1. The van der Waals surface area contributed by atoms with E-state index in [2.05, 4.69) is 5.32 Å². The van der Waals surface area contributed by atoms with Crippen LogP contribution in [0.15, 0.2) is 53.3 Å². The molecule has 2 aliphatic rings. The molecule has 4 aromatic rings. The lowest BCUT2D eigenvalue weighted by Gasteiger charge is -2.23. The second-order valence-electron chi connectivity index (χ2n) is 10.6. The van der Waals surface area contributed by atoms with Gasteiger partial charge in [0.15, 0.2) is 15.5 Å². The van der Waals surface area contributed by atoms with Crippen LogP contribution in [0, 0.1) is 0 Å². The maximum absolute atomic E-state index is 14.3. The van der Waals surface area contributed by atoms with E-state index < -0.39 is 12.1 Å². The van der Waals surface area contributed by atoms with Gasteiger partial charge in [0, 0.05) is 24.7 Å². The van der Waals surface area contributed by atoms with E-state index >= 15 is 0 Å². The average molecular weight is 578 g/mol. The first-order chi connectivity index (χ1) is 20.0. The van der Waals surface area contributed by atoms with E-state index in [4.69, 9.17) is 19.4 Å². The van der Waals surface area contributed by atoms with Crippen molar-refractivity contribution < 1.29 is 18.7 Å². The number of thiazole rings is 1. The molecule has 1 saturated carbocycles. The second-order valence-corrected chi connectivity index (χ2v) is 11.6. The molecule has 11 heteroatoms. The molecule has 9 nitrogen and oxygen atoms in total. The summed E-state index contributed by atoms with van der Waals surface area (Å²) < 4.78 is 26.7. The van der Waals surface area contributed by atoms with E-state index in [1.807, 2.05) is 41.3 Å². The first kappa shape index (κ1) is 27.2. The second kappa shape index (κ2) is 11.1. The molecule has 0 radical (unpaired) electrons. The molecule has 1 saturated heterocycles. The molecule has 41 heavy (non-hydrogen) atoms. The lowest BCUT2D eigenvalue weighted by atomic mass is 10.1. The zero-order chi connectivity index (χ0) is 28.6. The van der Waals surface area contributed by atoms with Gasteiger partial charge in [0.25, 0.3) is 5.56 Å². The predicted octanol–water partition coefficient (Wildman–Crippen LogP) is 4.20. The molecule has 1 atom stereocenters. The highest BCUT2D eigenvalue weighted by atomic mass is 32.1. The van der Waals surface area contributed by atoms with Crippen LogP contribution in [0.2, 0.25) is 0 Å². The number of nitrogens with zero attached hydrogens (tertiary/aromatic N) is 4. The van der Waals surface area contributed by atoms with Gasteiger partial charge in [0.1, 0.15) is 30.0 Å². The number of halogens is 1. The Morgan fingerprint density at radius 3 is 2.66 bits per heavy atom. The SMILES string of the molecule is COc1ccc(Cn2c(C3(CF)CC3)nc3sc(N4CCC[C@@H]4C(=O)NCc4ccccc4)nc3c2=O)c(OC)c1. The highest BCUT2D eigenvalue weighted by Gasteiger charge is 2.49. The van der Waals surface area contributed by atoms with Crippen LogP contribution in [-0.4, -0.2) is 53.9 Å². The van der Waals surface area contributed by atoms with Gasteiger partial charge in [0.05, 0.1) is 26.2 Å². The molecule has 0 unspecified atom stereocenters. The number of nitrogens with one attached hydrogen (secondary N) is 1. The fourth-order valence-electron chi connectivity index (χ4n) is 5.46. The van der Waals surface area contributed by atoms with Crippen molar-refractivity contribution in [3.8, 4) is 11.5 Å². The average Bonchev–Trinajstić information content (AvgIpc) is 3.43. The summed E-state index contributed by atoms with van der Waals surface area (Å²) in [5.74, 6) is 1.56. The topological polar surface area (TPSA) is 98.6 Å². The molecule has 1 aliphatic carbocycles. The van der Waals surface area contributed by atoms with E-state index in [0.29, 0.717) is 59.6 Å². The van der Waals surface area contributed by atoms with Crippen molar-refractivity contribution in [2.75, 3.05) is 32.3 Å². The fourth-order valence-corrected chi connectivity index (χ4v) is 6.47. The van der Waals surface area contributed by atoms with Gasteiger partial charge >= 0.3 is 0 Å². The van der Waals surface area contributed by atoms with E-state index in [1.54, 1.807) is 26.4 Å². The summed E-state index contributed by atoms with van der Waals surface area (Å²) in [6.07, 6.45) is 2.79. The molecule has 214 valence electrons. The first-order valence-corrected chi connectivity index (χ1v) is 14.5. The number of amides is 1. The molecule has 3 heterocycles. The third-order valence-electron chi connectivity index (χ3n) is 8.03. The number of benzene rings is 2. The number of rotatable bonds is 10. The molecule has 2 aromatic heterocycles. The number of aromatic nitrogens is 3. The van der Waals surface area contributed by atoms with Crippen LogP contribution in [0.4, 0.5) is 9.52 Å². The van der Waals surface area contributed by atoms with Crippen LogP contribution in [0.25, 0.3) is 10.3 Å². The van der Waals surface area contributed by atoms with E-state index in [-0.39, 0.29) is 29.6 Å². The summed E-state index contributed by atoms with van der Waals surface area (Å²) >= 11 is 1.29. The van der Waals surface area contributed by atoms with E-state index in [1.165, 1.54) is 15.9 Å². The van der Waals surface area contributed by atoms with Crippen LogP contribution in [0.1, 0.15) is 42.6 Å². The van der Waals surface area contributed by atoms with Gasteiger partial charge in [-0.05, 0) is 43.4 Å². The smallest absolute Gasteiger partial charge is 0.281 e. The normalized spacial score (nSPS) is 17.5. The van der Waals surface area contributed by atoms with Gasteiger partial charge in [-0.2, -0.15) is 0 Å². The molecule has 2 aromatic carbocycles. The van der Waals surface area contributed by atoms with Crippen LogP contribution in [-0.2, 0) is 23.3 Å². The maximum Gasteiger partial charge on any atom is 0.281 e. The Morgan fingerprint density at radius 2 is 1.95 bits per heavy atom. The summed E-state index contributed by atoms with van der Waals surface area (Å²) in [6.45, 7) is 0.667. The third kappa shape index (κ3) is 5.14. The molecular weight excluding hydrogens is 545 g/mol. The molecule has 2 fully saturated rings. The zero-order valence-electron chi connectivity index (χ0n) is 23.1. The summed E-state index contributed by atoms with van der Waals surface area (Å²) in [5, 5.41) is 3.62. The Labute approximate surface area is 240 Å². The highest BCUT2D eigenvalue weighted by molar-refractivity contribution is 7.21. The molecule has 6 rings (SSSR count). The van der Waals surface area contributed by atoms with Gasteiger partial charge in [-0.15, -0.1) is 0 Å². The largest absolute Gasteiger partial charge is 0.497 e. The number of carbonyl (C=O) groups excluding carboxylic acids is 1. The Kier molecular flexibility index (Phi) is 7.37. The minimum absolute atomic E-state index is 0.0716. The number of hydrogen-bond donors (Lipinski definition) is 1. The monoisotopic (exact) mass is 577 g/mol. The number of hydrogen-bond acceptors (Lipinski definition) is 8. The fraction of sp³-hybridized carbons (Fsp3) is 0.400. The number of alkyl halides is 1. The number of anilines is 1.